The van der Waals surface area contributed by atoms with E-state index in [2.05, 4.69) is 29.2 Å². The molecule has 3 aromatic rings. The van der Waals surface area contributed by atoms with Crippen LogP contribution in [0.1, 0.15) is 27.8 Å². The van der Waals surface area contributed by atoms with Crippen molar-refractivity contribution in [2.75, 3.05) is 39.3 Å². The second-order valence-electron chi connectivity index (χ2n) is 7.18. The lowest BCUT2D eigenvalue weighted by Gasteiger charge is -2.34. The van der Waals surface area contributed by atoms with Gasteiger partial charge in [0.1, 0.15) is 6.10 Å². The van der Waals surface area contributed by atoms with E-state index in [1.165, 1.54) is 6.26 Å². The van der Waals surface area contributed by atoms with Gasteiger partial charge in [-0.15, -0.1) is 0 Å². The Labute approximate surface area is 171 Å². The third-order valence-corrected chi connectivity index (χ3v) is 5.29. The topological polar surface area (TPSA) is 45.9 Å². The van der Waals surface area contributed by atoms with Crippen molar-refractivity contribution in [1.29, 1.82) is 0 Å². The van der Waals surface area contributed by atoms with E-state index in [-0.39, 0.29) is 12.0 Å². The number of ether oxygens (including phenoxy) is 1. The van der Waals surface area contributed by atoms with Crippen LogP contribution in [-0.2, 0) is 4.74 Å². The largest absolute Gasteiger partial charge is 0.459 e. The maximum Gasteiger partial charge on any atom is 0.289 e. The van der Waals surface area contributed by atoms with E-state index in [1.54, 1.807) is 12.1 Å². The SMILES string of the molecule is O=C(c1ccco1)N1CCN(CCOC(c2ccccc2)c2ccccc2)CC1. The highest BCUT2D eigenvalue weighted by atomic mass is 16.5. The first kappa shape index (κ1) is 19.4. The van der Waals surface area contributed by atoms with Crippen LogP contribution in [0, 0.1) is 0 Å². The van der Waals surface area contributed by atoms with Crippen LogP contribution < -0.4 is 0 Å². The zero-order chi connectivity index (χ0) is 19.9. The van der Waals surface area contributed by atoms with Crippen LogP contribution in [-0.4, -0.2) is 55.0 Å². The third kappa shape index (κ3) is 4.94. The Balaban J connectivity index is 1.29. The summed E-state index contributed by atoms with van der Waals surface area (Å²) in [4.78, 5) is 16.6. The molecule has 0 spiro atoms. The van der Waals surface area contributed by atoms with Crippen molar-refractivity contribution in [3.05, 3.63) is 95.9 Å². The quantitative estimate of drug-likeness (QED) is 0.615. The van der Waals surface area contributed by atoms with Gasteiger partial charge in [-0.25, -0.2) is 0 Å². The lowest BCUT2D eigenvalue weighted by atomic mass is 10.0. The van der Waals surface area contributed by atoms with Gasteiger partial charge in [-0.3, -0.25) is 9.69 Å². The summed E-state index contributed by atoms with van der Waals surface area (Å²) in [6.45, 7) is 4.59. The standard InChI is InChI=1S/C24H26N2O3/c27-24(22-12-7-18-28-22)26-15-13-25(14-16-26)17-19-29-23(20-8-3-1-4-9-20)21-10-5-2-6-11-21/h1-12,18,23H,13-17,19H2. The first-order valence-electron chi connectivity index (χ1n) is 10.1. The first-order valence-corrected chi connectivity index (χ1v) is 10.1. The molecule has 2 heterocycles. The molecular weight excluding hydrogens is 364 g/mol. The molecule has 2 aromatic carbocycles. The van der Waals surface area contributed by atoms with Gasteiger partial charge in [0.25, 0.3) is 5.91 Å². The van der Waals surface area contributed by atoms with Crippen molar-refractivity contribution >= 4 is 5.91 Å². The Hall–Kier alpha value is -2.89. The molecule has 1 saturated heterocycles. The Morgan fingerprint density at radius 1 is 0.862 bits per heavy atom. The van der Waals surface area contributed by atoms with E-state index >= 15 is 0 Å². The molecule has 4 rings (SSSR count). The number of hydrogen-bond acceptors (Lipinski definition) is 4. The molecule has 29 heavy (non-hydrogen) atoms. The normalized spacial score (nSPS) is 15.0. The number of nitrogens with zero attached hydrogens (tertiary/aromatic N) is 2. The highest BCUT2D eigenvalue weighted by Crippen LogP contribution is 2.25. The lowest BCUT2D eigenvalue weighted by Crippen LogP contribution is -2.49. The molecule has 150 valence electrons. The van der Waals surface area contributed by atoms with E-state index in [9.17, 15) is 4.79 Å². The molecule has 1 aromatic heterocycles. The molecule has 0 saturated carbocycles. The molecular formula is C24H26N2O3. The zero-order valence-electron chi connectivity index (χ0n) is 16.4. The number of benzene rings is 2. The number of carbonyl (C=O) groups excluding carboxylic acids is 1. The van der Waals surface area contributed by atoms with Gasteiger partial charge in [0.05, 0.1) is 12.9 Å². The Kier molecular flexibility index (Phi) is 6.39. The van der Waals surface area contributed by atoms with Crippen molar-refractivity contribution in [1.82, 2.24) is 9.80 Å². The molecule has 0 unspecified atom stereocenters. The number of hydrogen-bond donors (Lipinski definition) is 0. The average Bonchev–Trinajstić information content (AvgIpc) is 3.33. The number of rotatable bonds is 7. The van der Waals surface area contributed by atoms with Gasteiger partial charge in [0.15, 0.2) is 5.76 Å². The fraction of sp³-hybridized carbons (Fsp3) is 0.292. The molecule has 1 amide bonds. The number of furan rings is 1. The summed E-state index contributed by atoms with van der Waals surface area (Å²) in [5.74, 6) is 0.384. The third-order valence-electron chi connectivity index (χ3n) is 5.29. The van der Waals surface area contributed by atoms with Gasteiger partial charge in [0, 0.05) is 32.7 Å². The van der Waals surface area contributed by atoms with Crippen LogP contribution >= 0.6 is 0 Å². The summed E-state index contributed by atoms with van der Waals surface area (Å²) in [5.41, 5.74) is 2.32. The molecule has 1 aliphatic rings. The van der Waals surface area contributed by atoms with Crippen molar-refractivity contribution in [2.45, 2.75) is 6.10 Å². The highest BCUT2D eigenvalue weighted by molar-refractivity contribution is 5.91. The van der Waals surface area contributed by atoms with E-state index < -0.39 is 0 Å². The Morgan fingerprint density at radius 2 is 1.48 bits per heavy atom. The van der Waals surface area contributed by atoms with Crippen molar-refractivity contribution in [3.63, 3.8) is 0 Å². The van der Waals surface area contributed by atoms with E-state index in [4.69, 9.17) is 9.15 Å². The van der Waals surface area contributed by atoms with E-state index in [0.29, 0.717) is 25.5 Å². The van der Waals surface area contributed by atoms with Gasteiger partial charge in [-0.2, -0.15) is 0 Å². The molecule has 1 fully saturated rings. The van der Waals surface area contributed by atoms with Gasteiger partial charge in [-0.1, -0.05) is 60.7 Å². The predicted octanol–water partition coefficient (Wildman–Crippen LogP) is 3.84. The second-order valence-corrected chi connectivity index (χ2v) is 7.18. The summed E-state index contributed by atoms with van der Waals surface area (Å²) < 4.78 is 11.5. The van der Waals surface area contributed by atoms with Crippen molar-refractivity contribution in [3.8, 4) is 0 Å². The molecule has 0 aliphatic carbocycles. The number of carbonyl (C=O) groups is 1. The fourth-order valence-electron chi connectivity index (χ4n) is 3.67. The number of amides is 1. The Bertz CT molecular complexity index is 834. The predicted molar refractivity (Wildman–Crippen MR) is 112 cm³/mol. The number of piperazine rings is 1. The maximum atomic E-state index is 12.4. The van der Waals surface area contributed by atoms with Crippen LogP contribution in [0.2, 0.25) is 0 Å². The second kappa shape index (κ2) is 9.54. The highest BCUT2D eigenvalue weighted by Gasteiger charge is 2.24. The van der Waals surface area contributed by atoms with Gasteiger partial charge in [0.2, 0.25) is 0 Å². The molecule has 1 aliphatic heterocycles. The van der Waals surface area contributed by atoms with Crippen LogP contribution in [0.3, 0.4) is 0 Å². The van der Waals surface area contributed by atoms with Crippen LogP contribution in [0.25, 0.3) is 0 Å². The fourth-order valence-corrected chi connectivity index (χ4v) is 3.67. The zero-order valence-corrected chi connectivity index (χ0v) is 16.4. The van der Waals surface area contributed by atoms with Crippen LogP contribution in [0.15, 0.2) is 83.5 Å². The molecule has 5 heteroatoms. The monoisotopic (exact) mass is 390 g/mol. The van der Waals surface area contributed by atoms with Crippen LogP contribution in [0.5, 0.6) is 0 Å². The van der Waals surface area contributed by atoms with Gasteiger partial charge < -0.3 is 14.1 Å². The lowest BCUT2D eigenvalue weighted by molar-refractivity contribution is 0.0397. The van der Waals surface area contributed by atoms with Gasteiger partial charge in [-0.05, 0) is 23.3 Å². The Morgan fingerprint density at radius 3 is 2.03 bits per heavy atom. The molecule has 0 radical (unpaired) electrons. The van der Waals surface area contributed by atoms with Crippen LogP contribution in [0.4, 0.5) is 0 Å². The minimum absolute atomic E-state index is 0.0286. The minimum Gasteiger partial charge on any atom is -0.459 e. The van der Waals surface area contributed by atoms with Gasteiger partial charge >= 0.3 is 0 Å². The average molecular weight is 390 g/mol. The van der Waals surface area contributed by atoms with Crippen molar-refractivity contribution < 1.29 is 13.9 Å². The van der Waals surface area contributed by atoms with E-state index in [0.717, 1.165) is 30.8 Å². The maximum absolute atomic E-state index is 12.4. The first-order chi connectivity index (χ1) is 14.3. The molecule has 0 N–H and O–H groups in total. The summed E-state index contributed by atoms with van der Waals surface area (Å²) in [7, 11) is 0. The minimum atomic E-state index is -0.0702. The summed E-state index contributed by atoms with van der Waals surface area (Å²) in [5, 5.41) is 0. The summed E-state index contributed by atoms with van der Waals surface area (Å²) >= 11 is 0. The molecule has 0 atom stereocenters. The van der Waals surface area contributed by atoms with Crippen molar-refractivity contribution in [2.24, 2.45) is 0 Å². The smallest absolute Gasteiger partial charge is 0.289 e. The van der Waals surface area contributed by atoms with E-state index in [1.807, 2.05) is 41.3 Å². The summed E-state index contributed by atoms with van der Waals surface area (Å²) in [6, 6.07) is 24.1. The summed E-state index contributed by atoms with van der Waals surface area (Å²) in [6.07, 6.45) is 1.47. The molecule has 0 bridgehead atoms. The molecule has 5 nitrogen and oxygen atoms in total.